The largest absolute Gasteiger partial charge is 0.453 e. The highest BCUT2D eigenvalue weighted by atomic mass is 16.5. The summed E-state index contributed by atoms with van der Waals surface area (Å²) in [4.78, 5) is 11.8. The molecule has 2 aromatic rings. The van der Waals surface area contributed by atoms with Crippen molar-refractivity contribution in [2.24, 2.45) is 0 Å². The Balaban J connectivity index is 2.24. The van der Waals surface area contributed by atoms with Crippen LogP contribution in [0, 0.1) is 6.92 Å². The first-order valence-corrected chi connectivity index (χ1v) is 5.72. The fraction of sp³-hybridized carbons (Fsp3) is 0.357. The summed E-state index contributed by atoms with van der Waals surface area (Å²) in [6, 6.07) is 7.62. The number of hydrogen-bond donors (Lipinski definition) is 0. The number of rotatable bonds is 4. The summed E-state index contributed by atoms with van der Waals surface area (Å²) in [7, 11) is 0. The third-order valence-electron chi connectivity index (χ3n) is 2.56. The van der Waals surface area contributed by atoms with Crippen molar-refractivity contribution in [2.75, 3.05) is 6.61 Å². The maximum absolute atomic E-state index is 11.8. The van der Waals surface area contributed by atoms with E-state index in [1.165, 1.54) is 0 Å². The molecule has 0 aliphatic rings. The van der Waals surface area contributed by atoms with Crippen LogP contribution in [0.1, 0.15) is 30.0 Å². The molecule has 1 aromatic carbocycles. The van der Waals surface area contributed by atoms with Crippen molar-refractivity contribution in [1.29, 1.82) is 0 Å². The van der Waals surface area contributed by atoms with Gasteiger partial charge < -0.3 is 9.15 Å². The molecule has 0 unspecified atom stereocenters. The molecule has 0 spiro atoms. The van der Waals surface area contributed by atoms with Crippen LogP contribution in [0.25, 0.3) is 11.0 Å². The number of furan rings is 1. The van der Waals surface area contributed by atoms with Gasteiger partial charge in [-0.05, 0) is 32.4 Å². The van der Waals surface area contributed by atoms with Gasteiger partial charge in [0.25, 0.3) is 0 Å². The van der Waals surface area contributed by atoms with Gasteiger partial charge in [0.2, 0.25) is 5.78 Å². The fourth-order valence-electron chi connectivity index (χ4n) is 1.66. The molecule has 0 fully saturated rings. The highest BCUT2D eigenvalue weighted by Crippen LogP contribution is 2.22. The maximum atomic E-state index is 11.8. The maximum Gasteiger partial charge on any atom is 0.223 e. The van der Waals surface area contributed by atoms with Crippen LogP contribution in [0.4, 0.5) is 0 Å². The van der Waals surface area contributed by atoms with Crippen molar-refractivity contribution in [1.82, 2.24) is 0 Å². The smallest absolute Gasteiger partial charge is 0.223 e. The van der Waals surface area contributed by atoms with Crippen molar-refractivity contribution in [3.63, 3.8) is 0 Å². The lowest BCUT2D eigenvalue weighted by Gasteiger charge is -2.04. The summed E-state index contributed by atoms with van der Waals surface area (Å²) >= 11 is 0. The summed E-state index contributed by atoms with van der Waals surface area (Å²) in [5, 5.41) is 0.956. The Morgan fingerprint density at radius 2 is 2.18 bits per heavy atom. The molecule has 1 aromatic heterocycles. The first-order valence-electron chi connectivity index (χ1n) is 5.72. The van der Waals surface area contributed by atoms with Crippen molar-refractivity contribution in [2.45, 2.75) is 26.9 Å². The number of hydrogen-bond acceptors (Lipinski definition) is 3. The topological polar surface area (TPSA) is 39.4 Å². The van der Waals surface area contributed by atoms with Crippen LogP contribution in [0.3, 0.4) is 0 Å². The molecular weight excluding hydrogens is 216 g/mol. The van der Waals surface area contributed by atoms with Crippen molar-refractivity contribution < 1.29 is 13.9 Å². The Hall–Kier alpha value is -1.61. The second-order valence-corrected chi connectivity index (χ2v) is 4.39. The lowest BCUT2D eigenvalue weighted by Crippen LogP contribution is -2.12. The molecule has 0 amide bonds. The molecule has 0 N–H and O–H groups in total. The number of fused-ring (bicyclic) bond motifs is 1. The third kappa shape index (κ3) is 2.56. The van der Waals surface area contributed by atoms with E-state index in [1.54, 1.807) is 6.07 Å². The van der Waals surface area contributed by atoms with Gasteiger partial charge in [-0.1, -0.05) is 18.2 Å². The normalized spacial score (nSPS) is 11.3. The predicted octanol–water partition coefficient (Wildman–Crippen LogP) is 3.35. The Morgan fingerprint density at radius 3 is 2.82 bits per heavy atom. The minimum atomic E-state index is -0.116. The SMILES string of the molecule is Cc1cccc2cc(C(=O)COC(C)C)oc12. The van der Waals surface area contributed by atoms with E-state index in [2.05, 4.69) is 0 Å². The van der Waals surface area contributed by atoms with Gasteiger partial charge >= 0.3 is 0 Å². The molecule has 17 heavy (non-hydrogen) atoms. The number of benzene rings is 1. The molecule has 3 nitrogen and oxygen atoms in total. The van der Waals surface area contributed by atoms with Gasteiger partial charge in [0, 0.05) is 5.39 Å². The van der Waals surface area contributed by atoms with Crippen LogP contribution in [-0.4, -0.2) is 18.5 Å². The molecule has 90 valence electrons. The summed E-state index contributed by atoms with van der Waals surface area (Å²) in [6.45, 7) is 5.83. The minimum Gasteiger partial charge on any atom is -0.453 e. The van der Waals surface area contributed by atoms with Crippen molar-refractivity contribution in [3.05, 3.63) is 35.6 Å². The number of carbonyl (C=O) groups is 1. The van der Waals surface area contributed by atoms with Crippen LogP contribution in [0.15, 0.2) is 28.7 Å². The molecular formula is C14H16O3. The average molecular weight is 232 g/mol. The summed E-state index contributed by atoms with van der Waals surface area (Å²) in [5.41, 5.74) is 1.81. The molecule has 0 atom stereocenters. The van der Waals surface area contributed by atoms with Gasteiger partial charge in [0.05, 0.1) is 6.10 Å². The first kappa shape index (κ1) is 11.9. The van der Waals surface area contributed by atoms with Gasteiger partial charge in [0.15, 0.2) is 5.76 Å². The number of para-hydroxylation sites is 1. The van der Waals surface area contributed by atoms with Crippen LogP contribution in [-0.2, 0) is 4.74 Å². The van der Waals surface area contributed by atoms with E-state index in [9.17, 15) is 4.79 Å². The van der Waals surface area contributed by atoms with Gasteiger partial charge in [-0.2, -0.15) is 0 Å². The number of ether oxygens (including phenoxy) is 1. The number of aryl methyl sites for hydroxylation is 1. The van der Waals surface area contributed by atoms with E-state index in [4.69, 9.17) is 9.15 Å². The highest BCUT2D eigenvalue weighted by molar-refractivity contribution is 5.98. The van der Waals surface area contributed by atoms with Gasteiger partial charge in [0.1, 0.15) is 12.2 Å². The molecule has 0 saturated heterocycles. The molecule has 0 saturated carbocycles. The van der Waals surface area contributed by atoms with Crippen molar-refractivity contribution in [3.8, 4) is 0 Å². The van der Waals surface area contributed by atoms with E-state index in [0.29, 0.717) is 5.76 Å². The lowest BCUT2D eigenvalue weighted by atomic mass is 10.2. The zero-order valence-corrected chi connectivity index (χ0v) is 10.3. The zero-order chi connectivity index (χ0) is 12.4. The van der Waals surface area contributed by atoms with Gasteiger partial charge in [-0.3, -0.25) is 4.79 Å². The Morgan fingerprint density at radius 1 is 1.41 bits per heavy atom. The standard InChI is InChI=1S/C14H16O3/c1-9(2)16-8-12(15)13-7-11-6-4-5-10(3)14(11)17-13/h4-7,9H,8H2,1-3H3. The summed E-state index contributed by atoms with van der Waals surface area (Å²) in [6.07, 6.45) is 0.0464. The van der Waals surface area contributed by atoms with E-state index in [0.717, 1.165) is 16.5 Å². The summed E-state index contributed by atoms with van der Waals surface area (Å²) < 4.78 is 10.8. The number of ketones is 1. The molecule has 1 heterocycles. The third-order valence-corrected chi connectivity index (χ3v) is 2.56. The lowest BCUT2D eigenvalue weighted by molar-refractivity contribution is 0.0564. The Kier molecular flexibility index (Phi) is 3.29. The zero-order valence-electron chi connectivity index (χ0n) is 10.3. The minimum absolute atomic E-state index is 0.0464. The molecule has 0 aliphatic carbocycles. The number of Topliss-reactive ketones (excluding diaryl/α,β-unsaturated/α-hetero) is 1. The number of carbonyl (C=O) groups excluding carboxylic acids is 1. The monoisotopic (exact) mass is 232 g/mol. The van der Waals surface area contributed by atoms with E-state index >= 15 is 0 Å². The van der Waals surface area contributed by atoms with Crippen LogP contribution < -0.4 is 0 Å². The van der Waals surface area contributed by atoms with Crippen LogP contribution in [0.5, 0.6) is 0 Å². The van der Waals surface area contributed by atoms with Gasteiger partial charge in [-0.15, -0.1) is 0 Å². The van der Waals surface area contributed by atoms with E-state index in [-0.39, 0.29) is 18.5 Å². The molecule has 0 bridgehead atoms. The quantitative estimate of drug-likeness (QED) is 0.759. The summed E-state index contributed by atoms with van der Waals surface area (Å²) in [5.74, 6) is 0.254. The second kappa shape index (κ2) is 4.72. The van der Waals surface area contributed by atoms with Crippen LogP contribution >= 0.6 is 0 Å². The second-order valence-electron chi connectivity index (χ2n) is 4.39. The highest BCUT2D eigenvalue weighted by Gasteiger charge is 2.13. The fourth-order valence-corrected chi connectivity index (χ4v) is 1.66. The first-order chi connectivity index (χ1) is 8.08. The predicted molar refractivity (Wildman–Crippen MR) is 66.4 cm³/mol. The Labute approximate surface area is 100 Å². The van der Waals surface area contributed by atoms with E-state index < -0.39 is 0 Å². The molecule has 0 aliphatic heterocycles. The van der Waals surface area contributed by atoms with Gasteiger partial charge in [-0.25, -0.2) is 0 Å². The van der Waals surface area contributed by atoms with E-state index in [1.807, 2.05) is 39.0 Å². The molecule has 3 heteroatoms. The molecule has 0 radical (unpaired) electrons. The van der Waals surface area contributed by atoms with Crippen molar-refractivity contribution >= 4 is 16.8 Å². The average Bonchev–Trinajstić information content (AvgIpc) is 2.71. The van der Waals surface area contributed by atoms with Crippen LogP contribution in [0.2, 0.25) is 0 Å². The molecule has 2 rings (SSSR count). The Bertz CT molecular complexity index is 537.